The Morgan fingerprint density at radius 3 is 2.53 bits per heavy atom. The van der Waals surface area contributed by atoms with Crippen LogP contribution in [0.15, 0.2) is 0 Å². The first-order valence-electron chi connectivity index (χ1n) is 5.22. The van der Waals surface area contributed by atoms with E-state index in [1.807, 2.05) is 0 Å². The molecule has 0 unspecified atom stereocenters. The molecule has 1 amide bonds. The number of methoxy groups -OCH3 is 1. The lowest BCUT2D eigenvalue weighted by Gasteiger charge is -2.23. The molecule has 94 valence electrons. The predicted molar refractivity (Wildman–Crippen MR) is 59.3 cm³/mol. The van der Waals surface area contributed by atoms with Crippen LogP contribution in [0, 0.1) is 6.92 Å². The molecule has 1 aromatic heterocycles. The Bertz CT molecular complexity index is 413. The van der Waals surface area contributed by atoms with Gasteiger partial charge >= 0.3 is 5.97 Å². The normalized spacial score (nSPS) is 10.4. The lowest BCUT2D eigenvalue weighted by atomic mass is 10.3. The van der Waals surface area contributed by atoms with Gasteiger partial charge in [-0.05, 0) is 20.8 Å². The first-order valence-corrected chi connectivity index (χ1v) is 5.22. The summed E-state index contributed by atoms with van der Waals surface area (Å²) in [6.07, 6.45) is 0. The quantitative estimate of drug-likeness (QED) is 0.756. The number of esters is 1. The SMILES string of the molecule is COC(=O)CN(C(=O)c1n[nH]c(C)n1)C(C)C. The zero-order valence-corrected chi connectivity index (χ0v) is 10.4. The van der Waals surface area contributed by atoms with Gasteiger partial charge < -0.3 is 9.64 Å². The van der Waals surface area contributed by atoms with E-state index in [1.54, 1.807) is 20.8 Å². The first-order chi connectivity index (χ1) is 7.95. The molecule has 0 aliphatic rings. The smallest absolute Gasteiger partial charge is 0.325 e. The Morgan fingerprint density at radius 2 is 2.12 bits per heavy atom. The molecule has 0 bridgehead atoms. The van der Waals surface area contributed by atoms with Gasteiger partial charge in [-0.2, -0.15) is 0 Å². The number of ether oxygens (including phenoxy) is 1. The van der Waals surface area contributed by atoms with Crippen molar-refractivity contribution in [1.29, 1.82) is 0 Å². The van der Waals surface area contributed by atoms with Crippen LogP contribution < -0.4 is 0 Å². The largest absolute Gasteiger partial charge is 0.468 e. The summed E-state index contributed by atoms with van der Waals surface area (Å²) in [5, 5.41) is 6.36. The molecule has 1 heterocycles. The number of aromatic nitrogens is 3. The molecule has 0 fully saturated rings. The summed E-state index contributed by atoms with van der Waals surface area (Å²) in [4.78, 5) is 28.5. The number of rotatable bonds is 4. The van der Waals surface area contributed by atoms with Crippen molar-refractivity contribution in [3.05, 3.63) is 11.6 Å². The van der Waals surface area contributed by atoms with Crippen LogP contribution in [0.25, 0.3) is 0 Å². The number of amides is 1. The summed E-state index contributed by atoms with van der Waals surface area (Å²) in [7, 11) is 1.28. The van der Waals surface area contributed by atoms with Crippen LogP contribution in [-0.2, 0) is 9.53 Å². The van der Waals surface area contributed by atoms with Crippen LogP contribution in [0.2, 0.25) is 0 Å². The zero-order chi connectivity index (χ0) is 13.0. The van der Waals surface area contributed by atoms with Crippen LogP contribution >= 0.6 is 0 Å². The Morgan fingerprint density at radius 1 is 1.47 bits per heavy atom. The molecule has 0 aliphatic carbocycles. The van der Waals surface area contributed by atoms with Crippen molar-refractivity contribution < 1.29 is 14.3 Å². The van der Waals surface area contributed by atoms with Crippen molar-refractivity contribution >= 4 is 11.9 Å². The second kappa shape index (κ2) is 5.42. The molecule has 1 rings (SSSR count). The number of aryl methyl sites for hydroxylation is 1. The van der Waals surface area contributed by atoms with Crippen molar-refractivity contribution in [2.75, 3.05) is 13.7 Å². The number of nitrogens with one attached hydrogen (secondary N) is 1. The molecule has 7 heteroatoms. The average molecular weight is 240 g/mol. The summed E-state index contributed by atoms with van der Waals surface area (Å²) >= 11 is 0. The van der Waals surface area contributed by atoms with E-state index in [0.29, 0.717) is 5.82 Å². The maximum atomic E-state index is 12.0. The number of hydrogen-bond acceptors (Lipinski definition) is 5. The van der Waals surface area contributed by atoms with Gasteiger partial charge in [0.1, 0.15) is 12.4 Å². The number of nitrogens with zero attached hydrogens (tertiary/aromatic N) is 3. The second-order valence-electron chi connectivity index (χ2n) is 3.85. The Kier molecular flexibility index (Phi) is 4.19. The molecule has 0 aromatic carbocycles. The minimum atomic E-state index is -0.473. The van der Waals surface area contributed by atoms with Gasteiger partial charge in [0.05, 0.1) is 7.11 Å². The van der Waals surface area contributed by atoms with Crippen LogP contribution in [-0.4, -0.2) is 51.7 Å². The average Bonchev–Trinajstić information content (AvgIpc) is 2.71. The Hall–Kier alpha value is -1.92. The molecule has 0 aliphatic heterocycles. The van der Waals surface area contributed by atoms with Crippen molar-refractivity contribution in [3.63, 3.8) is 0 Å². The van der Waals surface area contributed by atoms with Crippen LogP contribution in [0.3, 0.4) is 0 Å². The van der Waals surface area contributed by atoms with E-state index in [4.69, 9.17) is 0 Å². The fraction of sp³-hybridized carbons (Fsp3) is 0.600. The van der Waals surface area contributed by atoms with Crippen molar-refractivity contribution in [2.45, 2.75) is 26.8 Å². The molecule has 1 N–H and O–H groups in total. The van der Waals surface area contributed by atoms with E-state index in [2.05, 4.69) is 19.9 Å². The van der Waals surface area contributed by atoms with Crippen LogP contribution in [0.4, 0.5) is 0 Å². The molecule has 1 aromatic rings. The molecule has 0 saturated heterocycles. The highest BCUT2D eigenvalue weighted by atomic mass is 16.5. The van der Waals surface area contributed by atoms with Gasteiger partial charge in [-0.15, -0.1) is 5.10 Å². The Labute approximate surface area is 99.2 Å². The first kappa shape index (κ1) is 13.1. The van der Waals surface area contributed by atoms with Gasteiger partial charge in [-0.3, -0.25) is 14.7 Å². The fourth-order valence-electron chi connectivity index (χ4n) is 1.26. The standard InChI is InChI=1S/C10H16N4O3/c1-6(2)14(5-8(15)17-4)10(16)9-11-7(3)12-13-9/h6H,5H2,1-4H3,(H,11,12,13). The van der Waals surface area contributed by atoms with E-state index >= 15 is 0 Å². The Balaban J connectivity index is 2.84. The maximum Gasteiger partial charge on any atom is 0.325 e. The van der Waals surface area contributed by atoms with Crippen molar-refractivity contribution in [3.8, 4) is 0 Å². The van der Waals surface area contributed by atoms with Gasteiger partial charge in [-0.1, -0.05) is 0 Å². The predicted octanol–water partition coefficient (Wildman–Crippen LogP) is 0.137. The number of aromatic amines is 1. The van der Waals surface area contributed by atoms with Crippen LogP contribution in [0.5, 0.6) is 0 Å². The van der Waals surface area contributed by atoms with E-state index in [0.717, 1.165) is 0 Å². The van der Waals surface area contributed by atoms with Crippen molar-refractivity contribution in [2.24, 2.45) is 0 Å². The molecule has 0 radical (unpaired) electrons. The topological polar surface area (TPSA) is 88.2 Å². The number of carbonyl (C=O) groups is 2. The van der Waals surface area contributed by atoms with Gasteiger partial charge in [-0.25, -0.2) is 4.98 Å². The van der Waals surface area contributed by atoms with E-state index in [9.17, 15) is 9.59 Å². The second-order valence-corrected chi connectivity index (χ2v) is 3.85. The molecular weight excluding hydrogens is 224 g/mol. The monoisotopic (exact) mass is 240 g/mol. The lowest BCUT2D eigenvalue weighted by molar-refractivity contribution is -0.141. The third-order valence-corrected chi connectivity index (χ3v) is 2.20. The number of hydrogen-bond donors (Lipinski definition) is 1. The summed E-state index contributed by atoms with van der Waals surface area (Å²) < 4.78 is 4.54. The highest BCUT2D eigenvalue weighted by Crippen LogP contribution is 2.05. The minimum absolute atomic E-state index is 0.0557. The van der Waals surface area contributed by atoms with E-state index in [-0.39, 0.29) is 18.4 Å². The molecule has 0 saturated carbocycles. The minimum Gasteiger partial charge on any atom is -0.468 e. The van der Waals surface area contributed by atoms with E-state index < -0.39 is 11.9 Å². The number of H-pyrrole nitrogens is 1. The summed E-state index contributed by atoms with van der Waals surface area (Å²) in [6.45, 7) is 5.20. The summed E-state index contributed by atoms with van der Waals surface area (Å²) in [5.74, 6) is -0.260. The zero-order valence-electron chi connectivity index (χ0n) is 10.4. The summed E-state index contributed by atoms with van der Waals surface area (Å²) in [6, 6.07) is -0.139. The van der Waals surface area contributed by atoms with Gasteiger partial charge in [0.15, 0.2) is 0 Å². The maximum absolute atomic E-state index is 12.0. The third-order valence-electron chi connectivity index (χ3n) is 2.20. The molecule has 0 atom stereocenters. The highest BCUT2D eigenvalue weighted by Gasteiger charge is 2.24. The summed E-state index contributed by atoms with van der Waals surface area (Å²) in [5.41, 5.74) is 0. The van der Waals surface area contributed by atoms with E-state index in [1.165, 1.54) is 12.0 Å². The third kappa shape index (κ3) is 3.27. The molecule has 17 heavy (non-hydrogen) atoms. The molecule has 0 spiro atoms. The lowest BCUT2D eigenvalue weighted by Crippen LogP contribution is -2.41. The van der Waals surface area contributed by atoms with Gasteiger partial charge in [0.2, 0.25) is 5.82 Å². The van der Waals surface area contributed by atoms with Gasteiger partial charge in [0, 0.05) is 6.04 Å². The number of carbonyl (C=O) groups excluding carboxylic acids is 2. The fourth-order valence-corrected chi connectivity index (χ4v) is 1.26. The van der Waals surface area contributed by atoms with Crippen LogP contribution in [0.1, 0.15) is 30.3 Å². The molecule has 7 nitrogen and oxygen atoms in total. The van der Waals surface area contributed by atoms with Gasteiger partial charge in [0.25, 0.3) is 5.91 Å². The van der Waals surface area contributed by atoms with Crippen molar-refractivity contribution in [1.82, 2.24) is 20.1 Å². The highest BCUT2D eigenvalue weighted by molar-refractivity contribution is 5.92. The molecular formula is C10H16N4O3.